The summed E-state index contributed by atoms with van der Waals surface area (Å²) in [4.78, 5) is 10.8. The number of halogens is 5. The molecule has 1 unspecified atom stereocenters. The fraction of sp³-hybridized carbons (Fsp3) is 0.909. The number of carboxylic acid groups (broad SMARTS) is 1. The Morgan fingerprint density at radius 3 is 2.21 bits per heavy atom. The Labute approximate surface area is 112 Å². The van der Waals surface area contributed by atoms with Gasteiger partial charge in [0.05, 0.1) is 0 Å². The predicted octanol–water partition coefficient (Wildman–Crippen LogP) is 4.34. The van der Waals surface area contributed by atoms with Gasteiger partial charge in [0.2, 0.25) is 0 Å². The van der Waals surface area contributed by atoms with Crippen molar-refractivity contribution in [2.24, 2.45) is 0 Å². The average molecular weight is 308 g/mol. The third kappa shape index (κ3) is 6.98. The second-order valence-electron chi connectivity index (χ2n) is 4.15. The van der Waals surface area contributed by atoms with Crippen LogP contribution in [0.25, 0.3) is 0 Å². The van der Waals surface area contributed by atoms with Crippen molar-refractivity contribution in [1.29, 1.82) is 0 Å². The van der Waals surface area contributed by atoms with Crippen molar-refractivity contribution < 1.29 is 31.9 Å². The molecule has 114 valence electrons. The van der Waals surface area contributed by atoms with Crippen LogP contribution >= 0.6 is 11.8 Å². The Balaban J connectivity index is 3.90. The van der Waals surface area contributed by atoms with Crippen LogP contribution in [0.3, 0.4) is 0 Å². The summed E-state index contributed by atoms with van der Waals surface area (Å²) >= 11 is 1.09. The third-order valence-corrected chi connectivity index (χ3v) is 3.81. The van der Waals surface area contributed by atoms with Gasteiger partial charge in [-0.05, 0) is 25.0 Å². The molecule has 0 saturated carbocycles. The highest BCUT2D eigenvalue weighted by Gasteiger charge is 2.56. The van der Waals surface area contributed by atoms with Crippen LogP contribution < -0.4 is 0 Å². The van der Waals surface area contributed by atoms with Crippen molar-refractivity contribution in [2.75, 3.05) is 5.75 Å². The van der Waals surface area contributed by atoms with Crippen LogP contribution in [0, 0.1) is 0 Å². The number of thioether (sulfide) groups is 1. The molecule has 1 atom stereocenters. The van der Waals surface area contributed by atoms with Crippen LogP contribution in [0.1, 0.15) is 39.0 Å². The molecule has 0 bridgehead atoms. The van der Waals surface area contributed by atoms with E-state index in [2.05, 4.69) is 0 Å². The van der Waals surface area contributed by atoms with Crippen molar-refractivity contribution in [3.05, 3.63) is 0 Å². The number of hydrogen-bond donors (Lipinski definition) is 1. The summed E-state index contributed by atoms with van der Waals surface area (Å²) in [5.41, 5.74) is 0. The number of hydrogen-bond acceptors (Lipinski definition) is 2. The molecule has 0 aliphatic rings. The van der Waals surface area contributed by atoms with Crippen LogP contribution in [-0.4, -0.2) is 34.2 Å². The van der Waals surface area contributed by atoms with E-state index in [1.54, 1.807) is 0 Å². The Morgan fingerprint density at radius 2 is 1.79 bits per heavy atom. The Kier molecular flexibility index (Phi) is 7.69. The summed E-state index contributed by atoms with van der Waals surface area (Å²) in [5.74, 6) is -5.37. The molecule has 19 heavy (non-hydrogen) atoms. The van der Waals surface area contributed by atoms with Gasteiger partial charge in [-0.3, -0.25) is 4.79 Å². The van der Waals surface area contributed by atoms with Crippen LogP contribution in [-0.2, 0) is 4.79 Å². The van der Waals surface area contributed by atoms with E-state index in [4.69, 9.17) is 5.11 Å². The highest BCUT2D eigenvalue weighted by atomic mass is 32.2. The molecule has 2 nitrogen and oxygen atoms in total. The maximum atomic E-state index is 12.5. The molecule has 0 radical (unpaired) electrons. The lowest BCUT2D eigenvalue weighted by atomic mass is 10.1. The zero-order valence-corrected chi connectivity index (χ0v) is 11.3. The Hall–Kier alpha value is -0.530. The smallest absolute Gasteiger partial charge is 0.453 e. The summed E-state index contributed by atoms with van der Waals surface area (Å²) in [7, 11) is 0. The Morgan fingerprint density at radius 1 is 1.21 bits per heavy atom. The van der Waals surface area contributed by atoms with Gasteiger partial charge in [0.25, 0.3) is 0 Å². The third-order valence-electron chi connectivity index (χ3n) is 2.45. The second kappa shape index (κ2) is 7.91. The molecule has 0 amide bonds. The largest absolute Gasteiger partial charge is 0.480 e. The SMILES string of the molecule is CCCC(SCCCCC(F)(F)C(F)(F)F)C(=O)O. The van der Waals surface area contributed by atoms with Crippen molar-refractivity contribution in [3.63, 3.8) is 0 Å². The molecule has 0 saturated heterocycles. The van der Waals surface area contributed by atoms with Crippen molar-refractivity contribution >= 4 is 17.7 Å². The summed E-state index contributed by atoms with van der Waals surface area (Å²) in [6.07, 6.45) is -5.76. The summed E-state index contributed by atoms with van der Waals surface area (Å²) in [5, 5.41) is 8.19. The van der Waals surface area contributed by atoms with Crippen LogP contribution in [0.5, 0.6) is 0 Å². The number of alkyl halides is 5. The second-order valence-corrected chi connectivity index (χ2v) is 5.46. The minimum absolute atomic E-state index is 0.143. The Bertz CT molecular complexity index is 281. The van der Waals surface area contributed by atoms with Gasteiger partial charge in [-0.2, -0.15) is 22.0 Å². The molecule has 0 rings (SSSR count). The summed E-state index contributed by atoms with van der Waals surface area (Å²) in [6.45, 7) is 1.82. The average Bonchev–Trinajstić information content (AvgIpc) is 2.25. The molecule has 0 heterocycles. The van der Waals surface area contributed by atoms with Crippen molar-refractivity contribution in [3.8, 4) is 0 Å². The fourth-order valence-corrected chi connectivity index (χ4v) is 2.56. The number of carboxylic acids is 1. The zero-order valence-electron chi connectivity index (χ0n) is 10.5. The molecule has 0 spiro atoms. The van der Waals surface area contributed by atoms with Gasteiger partial charge in [-0.25, -0.2) is 0 Å². The number of rotatable bonds is 9. The van der Waals surface area contributed by atoms with E-state index in [1.807, 2.05) is 6.92 Å². The number of unbranched alkanes of at least 4 members (excludes halogenated alkanes) is 1. The molecule has 0 aromatic rings. The molecular formula is C11H17F5O2S. The van der Waals surface area contributed by atoms with E-state index >= 15 is 0 Å². The van der Waals surface area contributed by atoms with Crippen LogP contribution in [0.4, 0.5) is 22.0 Å². The van der Waals surface area contributed by atoms with E-state index in [0.717, 1.165) is 11.8 Å². The molecule has 0 aliphatic carbocycles. The van der Waals surface area contributed by atoms with Gasteiger partial charge in [0.15, 0.2) is 0 Å². The lowest BCUT2D eigenvalue weighted by Gasteiger charge is -2.19. The van der Waals surface area contributed by atoms with Crippen molar-refractivity contribution in [1.82, 2.24) is 0 Å². The lowest BCUT2D eigenvalue weighted by Crippen LogP contribution is -2.36. The summed E-state index contributed by atoms with van der Waals surface area (Å²) in [6, 6.07) is 0. The maximum absolute atomic E-state index is 12.5. The molecule has 0 aliphatic heterocycles. The van der Waals surface area contributed by atoms with E-state index < -0.39 is 29.7 Å². The predicted molar refractivity (Wildman–Crippen MR) is 63.6 cm³/mol. The molecule has 0 aromatic carbocycles. The van der Waals surface area contributed by atoms with Gasteiger partial charge < -0.3 is 5.11 Å². The standard InChI is InChI=1S/C11H17F5O2S/c1-2-5-8(9(17)18)19-7-4-3-6-10(12,13)11(14,15)16/h8H,2-7H2,1H3,(H,17,18). The first-order chi connectivity index (χ1) is 8.62. The highest BCUT2D eigenvalue weighted by molar-refractivity contribution is 8.00. The van der Waals surface area contributed by atoms with Gasteiger partial charge in [0, 0.05) is 6.42 Å². The minimum Gasteiger partial charge on any atom is -0.480 e. The molecular weight excluding hydrogens is 291 g/mol. The zero-order chi connectivity index (χ0) is 15.1. The first kappa shape index (κ1) is 18.5. The normalized spacial score (nSPS) is 14.4. The topological polar surface area (TPSA) is 37.3 Å². The van der Waals surface area contributed by atoms with Gasteiger partial charge in [-0.15, -0.1) is 11.8 Å². The number of carbonyl (C=O) groups is 1. The quantitative estimate of drug-likeness (QED) is 0.508. The highest BCUT2D eigenvalue weighted by Crippen LogP contribution is 2.39. The minimum atomic E-state index is -5.51. The van der Waals surface area contributed by atoms with Crippen LogP contribution in [0.2, 0.25) is 0 Å². The number of aliphatic carboxylic acids is 1. The molecule has 8 heteroatoms. The lowest BCUT2D eigenvalue weighted by molar-refractivity contribution is -0.284. The van der Waals surface area contributed by atoms with E-state index in [0.29, 0.717) is 12.8 Å². The van der Waals surface area contributed by atoms with E-state index in [1.165, 1.54) is 0 Å². The van der Waals surface area contributed by atoms with Gasteiger partial charge in [-0.1, -0.05) is 13.3 Å². The van der Waals surface area contributed by atoms with Crippen molar-refractivity contribution in [2.45, 2.75) is 56.4 Å². The molecule has 0 aromatic heterocycles. The van der Waals surface area contributed by atoms with Crippen LogP contribution in [0.15, 0.2) is 0 Å². The van der Waals surface area contributed by atoms with Gasteiger partial charge in [0.1, 0.15) is 5.25 Å². The van der Waals surface area contributed by atoms with Gasteiger partial charge >= 0.3 is 18.1 Å². The van der Waals surface area contributed by atoms with E-state index in [-0.39, 0.29) is 18.6 Å². The maximum Gasteiger partial charge on any atom is 0.453 e. The monoisotopic (exact) mass is 308 g/mol. The van der Waals surface area contributed by atoms with E-state index in [9.17, 15) is 26.7 Å². The first-order valence-electron chi connectivity index (χ1n) is 5.90. The fourth-order valence-electron chi connectivity index (χ4n) is 1.36. The molecule has 1 N–H and O–H groups in total. The molecule has 0 fully saturated rings. The first-order valence-corrected chi connectivity index (χ1v) is 6.95. The summed E-state index contributed by atoms with van der Waals surface area (Å²) < 4.78 is 60.6.